The zero-order chi connectivity index (χ0) is 14.4. The molecule has 0 spiro atoms. The lowest BCUT2D eigenvalue weighted by Gasteiger charge is -2.27. The first-order valence-electron chi connectivity index (χ1n) is 7.27. The Morgan fingerprint density at radius 2 is 2.05 bits per heavy atom. The number of carboxylic acids is 1. The summed E-state index contributed by atoms with van der Waals surface area (Å²) in [6.45, 7) is 7.55. The number of nitrogens with one attached hydrogen (secondary N) is 1. The van der Waals surface area contributed by atoms with E-state index in [1.54, 1.807) is 4.90 Å². The van der Waals surface area contributed by atoms with Crippen molar-refractivity contribution in [2.45, 2.75) is 52.5 Å². The molecule has 0 saturated heterocycles. The number of carboxylic acid groups (broad SMARTS) is 1. The molecule has 1 saturated carbocycles. The summed E-state index contributed by atoms with van der Waals surface area (Å²) in [4.78, 5) is 25.0. The SMILES string of the molecule is CCC(C)CN(CC)C(=O)NC1CCCC1C(=O)O. The summed E-state index contributed by atoms with van der Waals surface area (Å²) in [5, 5.41) is 12.0. The van der Waals surface area contributed by atoms with Gasteiger partial charge in [0, 0.05) is 19.1 Å². The number of urea groups is 1. The van der Waals surface area contributed by atoms with Crippen LogP contribution in [0.5, 0.6) is 0 Å². The number of nitrogens with zero attached hydrogens (tertiary/aromatic N) is 1. The van der Waals surface area contributed by atoms with Crippen LogP contribution < -0.4 is 5.32 Å². The Balaban J connectivity index is 2.54. The Hall–Kier alpha value is -1.26. The summed E-state index contributed by atoms with van der Waals surface area (Å²) >= 11 is 0. The Labute approximate surface area is 115 Å². The Kier molecular flexibility index (Phi) is 6.12. The second-order valence-corrected chi connectivity index (χ2v) is 5.48. The van der Waals surface area contributed by atoms with Gasteiger partial charge >= 0.3 is 12.0 Å². The van der Waals surface area contributed by atoms with E-state index in [4.69, 9.17) is 5.11 Å². The first-order chi connectivity index (χ1) is 8.99. The first-order valence-corrected chi connectivity index (χ1v) is 7.27. The third-order valence-corrected chi connectivity index (χ3v) is 4.04. The molecule has 5 nitrogen and oxygen atoms in total. The molecule has 0 heterocycles. The lowest BCUT2D eigenvalue weighted by atomic mass is 10.0. The zero-order valence-electron chi connectivity index (χ0n) is 12.2. The van der Waals surface area contributed by atoms with Crippen LogP contribution >= 0.6 is 0 Å². The fourth-order valence-corrected chi connectivity index (χ4v) is 2.54. The van der Waals surface area contributed by atoms with Gasteiger partial charge in [0.05, 0.1) is 5.92 Å². The average Bonchev–Trinajstić information content (AvgIpc) is 2.83. The van der Waals surface area contributed by atoms with Crippen molar-refractivity contribution >= 4 is 12.0 Å². The van der Waals surface area contributed by atoms with Crippen molar-refractivity contribution in [3.63, 3.8) is 0 Å². The molecule has 1 fully saturated rings. The minimum atomic E-state index is -0.798. The minimum Gasteiger partial charge on any atom is -0.481 e. The van der Waals surface area contributed by atoms with Gasteiger partial charge in [-0.15, -0.1) is 0 Å². The van der Waals surface area contributed by atoms with E-state index in [9.17, 15) is 9.59 Å². The van der Waals surface area contributed by atoms with Gasteiger partial charge in [0.2, 0.25) is 0 Å². The highest BCUT2D eigenvalue weighted by Crippen LogP contribution is 2.26. The summed E-state index contributed by atoms with van der Waals surface area (Å²) < 4.78 is 0. The summed E-state index contributed by atoms with van der Waals surface area (Å²) in [5.41, 5.74) is 0. The van der Waals surface area contributed by atoms with Crippen molar-refractivity contribution < 1.29 is 14.7 Å². The molecule has 1 aliphatic rings. The number of amides is 2. The van der Waals surface area contributed by atoms with Crippen molar-refractivity contribution in [3.05, 3.63) is 0 Å². The number of carbonyl (C=O) groups is 2. The molecule has 3 unspecified atom stereocenters. The molecule has 0 aromatic heterocycles. The molecule has 3 atom stereocenters. The molecule has 0 aromatic rings. The molecule has 2 amide bonds. The maximum atomic E-state index is 12.2. The fourth-order valence-electron chi connectivity index (χ4n) is 2.54. The van der Waals surface area contributed by atoms with Gasteiger partial charge < -0.3 is 15.3 Å². The van der Waals surface area contributed by atoms with E-state index >= 15 is 0 Å². The van der Waals surface area contributed by atoms with Gasteiger partial charge in [-0.05, 0) is 25.7 Å². The van der Waals surface area contributed by atoms with E-state index in [1.807, 2.05) is 6.92 Å². The predicted molar refractivity (Wildman–Crippen MR) is 74.0 cm³/mol. The van der Waals surface area contributed by atoms with Crippen molar-refractivity contribution in [1.29, 1.82) is 0 Å². The zero-order valence-corrected chi connectivity index (χ0v) is 12.2. The summed E-state index contributed by atoms with van der Waals surface area (Å²) in [6, 6.07) is -0.336. The van der Waals surface area contributed by atoms with Gasteiger partial charge in [-0.1, -0.05) is 26.7 Å². The van der Waals surface area contributed by atoms with Gasteiger partial charge in [0.1, 0.15) is 0 Å². The maximum absolute atomic E-state index is 12.2. The average molecular weight is 270 g/mol. The van der Waals surface area contributed by atoms with E-state index in [2.05, 4.69) is 19.2 Å². The Bertz CT molecular complexity index is 320. The fraction of sp³-hybridized carbons (Fsp3) is 0.857. The van der Waals surface area contributed by atoms with E-state index in [0.717, 1.165) is 25.8 Å². The highest BCUT2D eigenvalue weighted by atomic mass is 16.4. The number of carbonyl (C=O) groups excluding carboxylic acids is 1. The number of hydrogen-bond acceptors (Lipinski definition) is 2. The molecule has 0 radical (unpaired) electrons. The highest BCUT2D eigenvalue weighted by Gasteiger charge is 2.34. The molecule has 0 aliphatic heterocycles. The van der Waals surface area contributed by atoms with Crippen molar-refractivity contribution in [2.75, 3.05) is 13.1 Å². The van der Waals surface area contributed by atoms with Crippen LogP contribution in [0.1, 0.15) is 46.5 Å². The Morgan fingerprint density at radius 3 is 2.58 bits per heavy atom. The number of rotatable bonds is 6. The maximum Gasteiger partial charge on any atom is 0.317 e. The van der Waals surface area contributed by atoms with Gasteiger partial charge in [-0.3, -0.25) is 4.79 Å². The summed E-state index contributed by atoms with van der Waals surface area (Å²) in [6.07, 6.45) is 3.34. The first kappa shape index (κ1) is 15.8. The van der Waals surface area contributed by atoms with Crippen LogP contribution in [0.15, 0.2) is 0 Å². The van der Waals surface area contributed by atoms with Crippen LogP contribution in [0.3, 0.4) is 0 Å². The standard InChI is InChI=1S/C14H26N2O3/c1-4-10(3)9-16(5-2)14(19)15-12-8-6-7-11(12)13(17)18/h10-12H,4-9H2,1-3H3,(H,15,19)(H,17,18). The topological polar surface area (TPSA) is 69.6 Å². The second kappa shape index (κ2) is 7.36. The number of hydrogen-bond donors (Lipinski definition) is 2. The molecular formula is C14H26N2O3. The van der Waals surface area contributed by atoms with E-state index < -0.39 is 11.9 Å². The smallest absolute Gasteiger partial charge is 0.317 e. The molecule has 1 aliphatic carbocycles. The molecule has 0 bridgehead atoms. The quantitative estimate of drug-likeness (QED) is 0.778. The van der Waals surface area contributed by atoms with Crippen molar-refractivity contribution in [3.8, 4) is 0 Å². The molecular weight excluding hydrogens is 244 g/mol. The largest absolute Gasteiger partial charge is 0.481 e. The number of aliphatic carboxylic acids is 1. The van der Waals surface area contributed by atoms with Crippen molar-refractivity contribution in [1.82, 2.24) is 10.2 Å². The predicted octanol–water partition coefficient (Wildman–Crippen LogP) is 2.32. The van der Waals surface area contributed by atoms with Crippen LogP contribution in [-0.4, -0.2) is 41.1 Å². The summed E-state index contributed by atoms with van der Waals surface area (Å²) in [5.74, 6) is -0.761. The van der Waals surface area contributed by atoms with Crippen LogP contribution in [0.25, 0.3) is 0 Å². The van der Waals surface area contributed by atoms with Gasteiger partial charge in [0.15, 0.2) is 0 Å². The van der Waals surface area contributed by atoms with E-state index in [0.29, 0.717) is 18.9 Å². The van der Waals surface area contributed by atoms with Crippen LogP contribution in [-0.2, 0) is 4.79 Å². The van der Waals surface area contributed by atoms with Gasteiger partial charge in [-0.2, -0.15) is 0 Å². The monoisotopic (exact) mass is 270 g/mol. The second-order valence-electron chi connectivity index (χ2n) is 5.48. The minimum absolute atomic E-state index is 0.124. The summed E-state index contributed by atoms with van der Waals surface area (Å²) in [7, 11) is 0. The van der Waals surface area contributed by atoms with Crippen LogP contribution in [0, 0.1) is 11.8 Å². The molecule has 2 N–H and O–H groups in total. The molecule has 0 aromatic carbocycles. The molecule has 19 heavy (non-hydrogen) atoms. The van der Waals surface area contributed by atoms with Crippen molar-refractivity contribution in [2.24, 2.45) is 11.8 Å². The molecule has 1 rings (SSSR count). The normalized spacial score (nSPS) is 23.9. The third-order valence-electron chi connectivity index (χ3n) is 4.04. The van der Waals surface area contributed by atoms with E-state index in [1.165, 1.54) is 0 Å². The molecule has 5 heteroatoms. The third kappa shape index (κ3) is 4.40. The van der Waals surface area contributed by atoms with Gasteiger partial charge in [-0.25, -0.2) is 4.79 Å². The van der Waals surface area contributed by atoms with Crippen LogP contribution in [0.2, 0.25) is 0 Å². The van der Waals surface area contributed by atoms with Gasteiger partial charge in [0.25, 0.3) is 0 Å². The lowest BCUT2D eigenvalue weighted by Crippen LogP contribution is -2.48. The molecule has 110 valence electrons. The lowest BCUT2D eigenvalue weighted by molar-refractivity contribution is -0.142. The Morgan fingerprint density at radius 1 is 1.37 bits per heavy atom. The van der Waals surface area contributed by atoms with Crippen LogP contribution in [0.4, 0.5) is 4.79 Å². The van der Waals surface area contributed by atoms with E-state index in [-0.39, 0.29) is 12.1 Å². The highest BCUT2D eigenvalue weighted by molar-refractivity contribution is 5.77.